The lowest BCUT2D eigenvalue weighted by molar-refractivity contribution is -0.132. The molecule has 2 N–H and O–H groups in total. The van der Waals surface area contributed by atoms with Gasteiger partial charge in [-0.25, -0.2) is 0 Å². The highest BCUT2D eigenvalue weighted by Gasteiger charge is 2.45. The lowest BCUT2D eigenvalue weighted by atomic mass is 10.00. The molecule has 116 valence electrons. The van der Waals surface area contributed by atoms with E-state index in [-0.39, 0.29) is 25.0 Å². The van der Waals surface area contributed by atoms with Gasteiger partial charge in [0.05, 0.1) is 12.7 Å². The maximum absolute atomic E-state index is 12.2. The Kier molecular flexibility index (Phi) is 5.01. The number of hydrogen-bond donors (Lipinski definition) is 2. The van der Waals surface area contributed by atoms with Crippen molar-refractivity contribution < 1.29 is 15.0 Å². The fraction of sp³-hybridized carbons (Fsp3) is 0.588. The molecule has 4 nitrogen and oxygen atoms in total. The molecule has 1 saturated carbocycles. The normalized spacial score (nSPS) is 22.2. The number of nitrogens with zero attached hydrogens (tertiary/aromatic N) is 1. The Labute approximate surface area is 126 Å². The van der Waals surface area contributed by atoms with Crippen LogP contribution in [0.25, 0.3) is 0 Å². The molecule has 1 aromatic rings. The highest BCUT2D eigenvalue weighted by Crippen LogP contribution is 2.48. The Bertz CT molecular complexity index is 483. The van der Waals surface area contributed by atoms with Gasteiger partial charge in [0.15, 0.2) is 0 Å². The number of likely N-dealkylation sites (N-methyl/N-ethyl adjacent to an activating group) is 1. The number of carbonyl (C=O) groups excluding carboxylic acids is 1. The summed E-state index contributed by atoms with van der Waals surface area (Å²) < 4.78 is 0. The van der Waals surface area contributed by atoms with Crippen molar-refractivity contribution in [2.24, 2.45) is 5.92 Å². The summed E-state index contributed by atoms with van der Waals surface area (Å²) in [6.45, 7) is 4.20. The summed E-state index contributed by atoms with van der Waals surface area (Å²) in [5, 5.41) is 18.2. The van der Waals surface area contributed by atoms with Gasteiger partial charge in [-0.05, 0) is 29.4 Å². The van der Waals surface area contributed by atoms with Gasteiger partial charge in [0.25, 0.3) is 0 Å². The number of amides is 1. The van der Waals surface area contributed by atoms with Gasteiger partial charge in [0, 0.05) is 19.5 Å². The van der Waals surface area contributed by atoms with Crippen LogP contribution in [0.4, 0.5) is 0 Å². The fourth-order valence-corrected chi connectivity index (χ4v) is 2.71. The van der Waals surface area contributed by atoms with Crippen molar-refractivity contribution in [2.75, 3.05) is 20.2 Å². The molecule has 0 unspecified atom stereocenters. The molecule has 1 fully saturated rings. The Morgan fingerprint density at radius 3 is 2.48 bits per heavy atom. The van der Waals surface area contributed by atoms with Crippen LogP contribution in [0.1, 0.15) is 43.2 Å². The molecule has 0 heterocycles. The second-order valence-corrected chi connectivity index (χ2v) is 6.33. The number of rotatable bonds is 6. The highest BCUT2D eigenvalue weighted by atomic mass is 16.3. The van der Waals surface area contributed by atoms with Gasteiger partial charge >= 0.3 is 0 Å². The summed E-state index contributed by atoms with van der Waals surface area (Å²) in [6.07, 6.45) is 0.0147. The average Bonchev–Trinajstić information content (AvgIpc) is 3.26. The van der Waals surface area contributed by atoms with Gasteiger partial charge < -0.3 is 15.1 Å². The lowest BCUT2D eigenvalue weighted by Gasteiger charge is -2.19. The van der Waals surface area contributed by atoms with Gasteiger partial charge in [-0.3, -0.25) is 4.79 Å². The van der Waals surface area contributed by atoms with Crippen molar-refractivity contribution in [3.05, 3.63) is 35.4 Å². The third kappa shape index (κ3) is 3.83. The minimum atomic E-state index is -0.860. The monoisotopic (exact) mass is 291 g/mol. The molecule has 1 aromatic carbocycles. The number of aliphatic hydroxyl groups is 2. The topological polar surface area (TPSA) is 60.8 Å². The SMILES string of the molecule is CC(C)c1ccc([C@H]2C[C@@H]2C(=O)N(C)C[C@H](O)CO)cc1. The maximum Gasteiger partial charge on any atom is 0.226 e. The average molecular weight is 291 g/mol. The van der Waals surface area contributed by atoms with E-state index in [4.69, 9.17) is 5.11 Å². The summed E-state index contributed by atoms with van der Waals surface area (Å²) >= 11 is 0. The van der Waals surface area contributed by atoms with Crippen LogP contribution in [0.15, 0.2) is 24.3 Å². The number of benzene rings is 1. The largest absolute Gasteiger partial charge is 0.394 e. The van der Waals surface area contributed by atoms with Crippen molar-refractivity contribution in [3.63, 3.8) is 0 Å². The molecular weight excluding hydrogens is 266 g/mol. The molecule has 0 bridgehead atoms. The zero-order valence-electron chi connectivity index (χ0n) is 13.0. The molecular formula is C17H25NO3. The third-order valence-corrected chi connectivity index (χ3v) is 4.21. The zero-order valence-corrected chi connectivity index (χ0v) is 13.0. The minimum Gasteiger partial charge on any atom is -0.394 e. The fourth-order valence-electron chi connectivity index (χ4n) is 2.71. The van der Waals surface area contributed by atoms with E-state index in [0.717, 1.165) is 6.42 Å². The van der Waals surface area contributed by atoms with Crippen LogP contribution in [0.2, 0.25) is 0 Å². The zero-order chi connectivity index (χ0) is 15.6. The molecule has 0 spiro atoms. The van der Waals surface area contributed by atoms with Gasteiger partial charge in [-0.2, -0.15) is 0 Å². The van der Waals surface area contributed by atoms with Crippen LogP contribution in [0.3, 0.4) is 0 Å². The van der Waals surface area contributed by atoms with Crippen LogP contribution >= 0.6 is 0 Å². The van der Waals surface area contributed by atoms with E-state index in [1.807, 2.05) is 0 Å². The number of carbonyl (C=O) groups is 1. The summed E-state index contributed by atoms with van der Waals surface area (Å²) in [4.78, 5) is 13.8. The van der Waals surface area contributed by atoms with Gasteiger partial charge in [0.2, 0.25) is 5.91 Å². The Balaban J connectivity index is 1.93. The van der Waals surface area contributed by atoms with E-state index in [1.165, 1.54) is 16.0 Å². The predicted molar refractivity (Wildman–Crippen MR) is 82.1 cm³/mol. The van der Waals surface area contributed by atoms with Crippen molar-refractivity contribution in [2.45, 2.75) is 38.2 Å². The van der Waals surface area contributed by atoms with E-state index >= 15 is 0 Å². The van der Waals surface area contributed by atoms with Crippen LogP contribution < -0.4 is 0 Å². The Hall–Kier alpha value is -1.39. The van der Waals surface area contributed by atoms with Gasteiger partial charge in [-0.1, -0.05) is 38.1 Å². The summed E-state index contributed by atoms with van der Waals surface area (Å²) in [5.74, 6) is 0.889. The molecule has 2 rings (SSSR count). The molecule has 0 aliphatic heterocycles. The molecule has 1 amide bonds. The Morgan fingerprint density at radius 1 is 1.33 bits per heavy atom. The Morgan fingerprint density at radius 2 is 1.95 bits per heavy atom. The first kappa shape index (κ1) is 16.0. The molecule has 1 aliphatic carbocycles. The molecule has 0 radical (unpaired) electrons. The van der Waals surface area contributed by atoms with Gasteiger partial charge in [-0.15, -0.1) is 0 Å². The summed E-state index contributed by atoms with van der Waals surface area (Å²) in [6, 6.07) is 8.52. The quantitative estimate of drug-likeness (QED) is 0.839. The molecule has 21 heavy (non-hydrogen) atoms. The second kappa shape index (κ2) is 6.58. The molecule has 4 heteroatoms. The van der Waals surface area contributed by atoms with E-state index in [2.05, 4.69) is 38.1 Å². The van der Waals surface area contributed by atoms with Crippen LogP contribution in [0.5, 0.6) is 0 Å². The van der Waals surface area contributed by atoms with Crippen molar-refractivity contribution in [1.29, 1.82) is 0 Å². The van der Waals surface area contributed by atoms with Crippen molar-refractivity contribution in [3.8, 4) is 0 Å². The predicted octanol–water partition coefficient (Wildman–Crippen LogP) is 1.73. The highest BCUT2D eigenvalue weighted by molar-refractivity contribution is 5.82. The van der Waals surface area contributed by atoms with Gasteiger partial charge in [0.1, 0.15) is 0 Å². The lowest BCUT2D eigenvalue weighted by Crippen LogP contribution is -2.36. The van der Waals surface area contributed by atoms with E-state index in [9.17, 15) is 9.90 Å². The molecule has 0 aromatic heterocycles. The van der Waals surface area contributed by atoms with Crippen LogP contribution in [-0.4, -0.2) is 47.3 Å². The summed E-state index contributed by atoms with van der Waals surface area (Å²) in [7, 11) is 1.68. The number of hydrogen-bond acceptors (Lipinski definition) is 3. The molecule has 1 aliphatic rings. The molecule has 0 saturated heterocycles. The smallest absolute Gasteiger partial charge is 0.226 e. The second-order valence-electron chi connectivity index (χ2n) is 6.33. The van der Waals surface area contributed by atoms with E-state index in [0.29, 0.717) is 11.8 Å². The van der Waals surface area contributed by atoms with Crippen LogP contribution in [0, 0.1) is 5.92 Å². The first-order chi connectivity index (χ1) is 9.93. The minimum absolute atomic E-state index is 0.0193. The first-order valence-corrected chi connectivity index (χ1v) is 7.57. The molecule has 3 atom stereocenters. The van der Waals surface area contributed by atoms with E-state index in [1.54, 1.807) is 7.05 Å². The number of aliphatic hydroxyl groups excluding tert-OH is 2. The third-order valence-electron chi connectivity index (χ3n) is 4.21. The van der Waals surface area contributed by atoms with E-state index < -0.39 is 6.10 Å². The summed E-state index contributed by atoms with van der Waals surface area (Å²) in [5.41, 5.74) is 2.53. The first-order valence-electron chi connectivity index (χ1n) is 7.57. The van der Waals surface area contributed by atoms with Crippen molar-refractivity contribution in [1.82, 2.24) is 4.90 Å². The van der Waals surface area contributed by atoms with Crippen molar-refractivity contribution >= 4 is 5.91 Å². The maximum atomic E-state index is 12.2. The van der Waals surface area contributed by atoms with Crippen LogP contribution in [-0.2, 0) is 4.79 Å². The standard InChI is InChI=1S/C17H25NO3/c1-11(2)12-4-6-13(7-5-12)15-8-16(15)17(21)18(3)9-14(20)10-19/h4-7,11,14-16,19-20H,8-10H2,1-3H3/t14-,15+,16-/m0/s1.